The summed E-state index contributed by atoms with van der Waals surface area (Å²) in [6, 6.07) is 6.79. The van der Waals surface area contributed by atoms with E-state index >= 15 is 0 Å². The topological polar surface area (TPSA) is 89.9 Å². The minimum absolute atomic E-state index is 0.0652. The zero-order valence-corrected chi connectivity index (χ0v) is 16.2. The third-order valence-electron chi connectivity index (χ3n) is 4.67. The lowest BCUT2D eigenvalue weighted by Crippen LogP contribution is -2.46. The molecule has 1 N–H and O–H groups in total. The highest BCUT2D eigenvalue weighted by molar-refractivity contribution is 6.20. The van der Waals surface area contributed by atoms with Crippen molar-refractivity contribution in [1.82, 2.24) is 0 Å². The summed E-state index contributed by atoms with van der Waals surface area (Å²) in [6.07, 6.45) is 0. The summed E-state index contributed by atoms with van der Waals surface area (Å²) in [7, 11) is 0. The van der Waals surface area contributed by atoms with Crippen molar-refractivity contribution in [2.75, 3.05) is 13.2 Å². The number of hydrogen-bond donors (Lipinski definition) is 1. The van der Waals surface area contributed by atoms with Crippen LogP contribution >= 0.6 is 0 Å². The molecule has 144 valence electrons. The third-order valence-corrected chi connectivity index (χ3v) is 4.67. The van der Waals surface area contributed by atoms with Gasteiger partial charge < -0.3 is 14.6 Å². The summed E-state index contributed by atoms with van der Waals surface area (Å²) in [5.41, 5.74) is -0.174. The molecular weight excluding hydrogens is 348 g/mol. The fourth-order valence-corrected chi connectivity index (χ4v) is 3.64. The normalized spacial score (nSPS) is 15.7. The molecule has 0 fully saturated rings. The van der Waals surface area contributed by atoms with Gasteiger partial charge in [-0.3, -0.25) is 14.4 Å². The maximum absolute atomic E-state index is 13.0. The minimum atomic E-state index is -1.81. The number of aliphatic hydroxyl groups excluding tert-OH is 1. The molecule has 1 aliphatic carbocycles. The van der Waals surface area contributed by atoms with Gasteiger partial charge in [0.1, 0.15) is 5.76 Å². The average Bonchev–Trinajstić information content (AvgIpc) is 2.85. The Balaban J connectivity index is 2.96. The van der Waals surface area contributed by atoms with Crippen molar-refractivity contribution < 1.29 is 29.0 Å². The SMILES string of the molecule is CCOC(=O)C1(C(=O)OCC)C(C)=C(/C(C(C)=O)=C(/C)O)c2ccccc21. The predicted octanol–water partition coefficient (Wildman–Crippen LogP) is 3.26. The Morgan fingerprint density at radius 1 is 1.00 bits per heavy atom. The quantitative estimate of drug-likeness (QED) is 0.357. The lowest BCUT2D eigenvalue weighted by molar-refractivity contribution is -0.162. The van der Waals surface area contributed by atoms with Gasteiger partial charge in [0, 0.05) is 0 Å². The van der Waals surface area contributed by atoms with Crippen molar-refractivity contribution in [3.05, 3.63) is 52.3 Å². The fourth-order valence-electron chi connectivity index (χ4n) is 3.64. The molecule has 1 aromatic carbocycles. The second-order valence-electron chi connectivity index (χ2n) is 6.25. The monoisotopic (exact) mass is 372 g/mol. The highest BCUT2D eigenvalue weighted by atomic mass is 16.6. The summed E-state index contributed by atoms with van der Waals surface area (Å²) in [5.74, 6) is -2.08. The van der Waals surface area contributed by atoms with Crippen LogP contribution in [0.5, 0.6) is 0 Å². The van der Waals surface area contributed by atoms with Gasteiger partial charge in [-0.05, 0) is 56.9 Å². The molecule has 0 heterocycles. The highest BCUT2D eigenvalue weighted by Gasteiger charge is 2.58. The Morgan fingerprint density at radius 2 is 1.52 bits per heavy atom. The second-order valence-corrected chi connectivity index (χ2v) is 6.25. The maximum Gasteiger partial charge on any atom is 0.332 e. The molecule has 0 aromatic heterocycles. The van der Waals surface area contributed by atoms with E-state index in [4.69, 9.17) is 9.47 Å². The summed E-state index contributed by atoms with van der Waals surface area (Å²) < 4.78 is 10.5. The first kappa shape index (κ1) is 20.4. The number of fused-ring (bicyclic) bond motifs is 1. The molecule has 0 amide bonds. The van der Waals surface area contributed by atoms with E-state index in [1.54, 1.807) is 45.0 Å². The van der Waals surface area contributed by atoms with Crippen LogP contribution in [-0.4, -0.2) is 36.0 Å². The van der Waals surface area contributed by atoms with Crippen molar-refractivity contribution in [2.24, 2.45) is 0 Å². The number of benzene rings is 1. The largest absolute Gasteiger partial charge is 0.512 e. The van der Waals surface area contributed by atoms with Crippen molar-refractivity contribution in [1.29, 1.82) is 0 Å². The smallest absolute Gasteiger partial charge is 0.332 e. The molecule has 1 aromatic rings. The Hall–Kier alpha value is -2.89. The van der Waals surface area contributed by atoms with Crippen LogP contribution in [0.3, 0.4) is 0 Å². The zero-order valence-electron chi connectivity index (χ0n) is 16.2. The molecular formula is C21H24O6. The summed E-state index contributed by atoms with van der Waals surface area (Å²) in [5, 5.41) is 10.1. The van der Waals surface area contributed by atoms with Crippen LogP contribution in [0.4, 0.5) is 0 Å². The van der Waals surface area contributed by atoms with Crippen LogP contribution in [0.15, 0.2) is 41.2 Å². The van der Waals surface area contributed by atoms with Gasteiger partial charge in [-0.1, -0.05) is 24.3 Å². The number of ether oxygens (including phenoxy) is 2. The fraction of sp³-hybridized carbons (Fsp3) is 0.381. The number of ketones is 1. The molecule has 1 aliphatic rings. The van der Waals surface area contributed by atoms with E-state index in [0.29, 0.717) is 22.3 Å². The van der Waals surface area contributed by atoms with Crippen LogP contribution in [0.25, 0.3) is 5.57 Å². The second kappa shape index (κ2) is 7.78. The van der Waals surface area contributed by atoms with Crippen LogP contribution in [0.2, 0.25) is 0 Å². The number of Topliss-reactive ketones (excluding diaryl/α,β-unsaturated/α-hetero) is 1. The van der Waals surface area contributed by atoms with Gasteiger partial charge in [-0.2, -0.15) is 0 Å². The van der Waals surface area contributed by atoms with E-state index in [1.807, 2.05) is 0 Å². The molecule has 2 rings (SSSR count). The molecule has 0 radical (unpaired) electrons. The Bertz CT molecular complexity index is 837. The van der Waals surface area contributed by atoms with E-state index in [0.717, 1.165) is 0 Å². The Labute approximate surface area is 158 Å². The van der Waals surface area contributed by atoms with Gasteiger partial charge in [0.05, 0.1) is 18.8 Å². The Kier molecular flexibility index (Phi) is 5.88. The minimum Gasteiger partial charge on any atom is -0.512 e. The standard InChI is InChI=1S/C21H24O6/c1-6-26-19(24)21(20(25)27-7-2)12(3)17(18(13(4)22)14(5)23)15-10-8-9-11-16(15)21/h8-11,22H,6-7H2,1-5H3/b18-13-. The molecule has 0 bridgehead atoms. The number of carbonyl (C=O) groups excluding carboxylic acids is 3. The lowest BCUT2D eigenvalue weighted by atomic mass is 9.77. The molecule has 27 heavy (non-hydrogen) atoms. The van der Waals surface area contributed by atoms with E-state index < -0.39 is 17.4 Å². The summed E-state index contributed by atoms with van der Waals surface area (Å²) in [6.45, 7) is 7.78. The first-order valence-electron chi connectivity index (χ1n) is 8.81. The van der Waals surface area contributed by atoms with E-state index in [-0.39, 0.29) is 30.3 Å². The van der Waals surface area contributed by atoms with Gasteiger partial charge in [-0.15, -0.1) is 0 Å². The molecule has 0 saturated heterocycles. The van der Waals surface area contributed by atoms with Crippen molar-refractivity contribution >= 4 is 23.3 Å². The van der Waals surface area contributed by atoms with Crippen molar-refractivity contribution in [2.45, 2.75) is 40.0 Å². The molecule has 6 heteroatoms. The third kappa shape index (κ3) is 3.05. The lowest BCUT2D eigenvalue weighted by Gasteiger charge is -2.27. The number of aliphatic hydroxyl groups is 1. The first-order chi connectivity index (χ1) is 12.7. The average molecular weight is 372 g/mol. The zero-order chi connectivity index (χ0) is 20.4. The van der Waals surface area contributed by atoms with Gasteiger partial charge in [0.25, 0.3) is 0 Å². The van der Waals surface area contributed by atoms with Gasteiger partial charge >= 0.3 is 11.9 Å². The molecule has 0 atom stereocenters. The predicted molar refractivity (Wildman–Crippen MR) is 100.0 cm³/mol. The number of hydrogen-bond acceptors (Lipinski definition) is 6. The number of rotatable bonds is 6. The van der Waals surface area contributed by atoms with E-state index in [9.17, 15) is 19.5 Å². The number of carbonyl (C=O) groups is 3. The van der Waals surface area contributed by atoms with Crippen molar-refractivity contribution in [3.63, 3.8) is 0 Å². The van der Waals surface area contributed by atoms with Crippen LogP contribution in [0, 0.1) is 0 Å². The molecule has 0 unspecified atom stereocenters. The number of esters is 2. The van der Waals surface area contributed by atoms with Crippen LogP contribution in [-0.2, 0) is 29.3 Å². The van der Waals surface area contributed by atoms with Crippen LogP contribution < -0.4 is 0 Å². The van der Waals surface area contributed by atoms with Gasteiger partial charge in [0.15, 0.2) is 5.78 Å². The summed E-state index contributed by atoms with van der Waals surface area (Å²) in [4.78, 5) is 38.3. The Morgan fingerprint density at radius 3 is 1.96 bits per heavy atom. The van der Waals surface area contributed by atoms with Gasteiger partial charge in [0.2, 0.25) is 5.41 Å². The first-order valence-corrected chi connectivity index (χ1v) is 8.81. The van der Waals surface area contributed by atoms with E-state index in [1.165, 1.54) is 13.8 Å². The molecule has 0 saturated carbocycles. The highest BCUT2D eigenvalue weighted by Crippen LogP contribution is 2.50. The maximum atomic E-state index is 13.0. The van der Waals surface area contributed by atoms with E-state index in [2.05, 4.69) is 0 Å². The van der Waals surface area contributed by atoms with Gasteiger partial charge in [-0.25, -0.2) is 0 Å². The van der Waals surface area contributed by atoms with Crippen LogP contribution in [0.1, 0.15) is 45.7 Å². The number of allylic oxidation sites excluding steroid dienone is 3. The summed E-state index contributed by atoms with van der Waals surface area (Å²) >= 11 is 0. The van der Waals surface area contributed by atoms with Crippen molar-refractivity contribution in [3.8, 4) is 0 Å². The molecule has 0 spiro atoms. The molecule has 0 aliphatic heterocycles. The molecule has 6 nitrogen and oxygen atoms in total.